The van der Waals surface area contributed by atoms with Crippen LogP contribution in [0.3, 0.4) is 0 Å². The van der Waals surface area contributed by atoms with Gasteiger partial charge in [-0.1, -0.05) is 12.1 Å². The standard InChI is InChI=1S/C21H23N3O5/c1-3-29-21(20(27)23-10-14-5-4-13(9-22)8-17(14)25)24-11-15-6-7-18(28-2)19(26)16(15)12-24/h4-8,11,16,18,21,25H,3,10,12H2,1-2H3,(H,23,27). The van der Waals surface area contributed by atoms with E-state index in [9.17, 15) is 14.7 Å². The van der Waals surface area contributed by atoms with Crippen molar-refractivity contribution in [1.82, 2.24) is 10.2 Å². The van der Waals surface area contributed by atoms with Gasteiger partial charge in [0.05, 0.1) is 17.6 Å². The van der Waals surface area contributed by atoms with Crippen molar-refractivity contribution >= 4 is 11.7 Å². The van der Waals surface area contributed by atoms with Crippen molar-refractivity contribution in [2.75, 3.05) is 20.3 Å². The fourth-order valence-electron chi connectivity index (χ4n) is 3.45. The van der Waals surface area contributed by atoms with Crippen LogP contribution >= 0.6 is 0 Å². The Morgan fingerprint density at radius 3 is 2.93 bits per heavy atom. The molecule has 0 spiro atoms. The van der Waals surface area contributed by atoms with Crippen molar-refractivity contribution in [3.8, 4) is 11.8 Å². The van der Waals surface area contributed by atoms with Gasteiger partial charge in [-0.2, -0.15) is 5.26 Å². The number of Topliss-reactive ketones (excluding diaryl/α,β-unsaturated/α-hetero) is 1. The summed E-state index contributed by atoms with van der Waals surface area (Å²) < 4.78 is 10.8. The third-order valence-corrected chi connectivity index (χ3v) is 4.97. The smallest absolute Gasteiger partial charge is 0.270 e. The van der Waals surface area contributed by atoms with Crippen LogP contribution < -0.4 is 5.32 Å². The number of ether oxygens (including phenoxy) is 2. The molecule has 0 saturated carbocycles. The number of fused-ring (bicyclic) bond motifs is 1. The number of nitrogens with zero attached hydrogens (tertiary/aromatic N) is 2. The maximum atomic E-state index is 12.8. The predicted octanol–water partition coefficient (Wildman–Crippen LogP) is 1.21. The van der Waals surface area contributed by atoms with Gasteiger partial charge in [0.1, 0.15) is 11.9 Å². The fraction of sp³-hybridized carbons (Fsp3) is 0.381. The number of methoxy groups -OCH3 is 1. The average Bonchev–Trinajstić information content (AvgIpc) is 3.16. The molecule has 8 nitrogen and oxygen atoms in total. The lowest BCUT2D eigenvalue weighted by Crippen LogP contribution is -2.47. The van der Waals surface area contributed by atoms with Crippen molar-refractivity contribution in [3.63, 3.8) is 0 Å². The molecule has 1 aliphatic carbocycles. The second kappa shape index (κ2) is 8.90. The van der Waals surface area contributed by atoms with Gasteiger partial charge in [-0.05, 0) is 30.7 Å². The number of nitriles is 1. The number of rotatable bonds is 7. The number of carbonyl (C=O) groups is 2. The number of nitrogens with one attached hydrogen (secondary N) is 1. The Labute approximate surface area is 169 Å². The van der Waals surface area contributed by atoms with E-state index in [1.165, 1.54) is 13.2 Å². The minimum Gasteiger partial charge on any atom is -0.508 e. The molecule has 0 fully saturated rings. The Morgan fingerprint density at radius 1 is 1.48 bits per heavy atom. The van der Waals surface area contributed by atoms with Gasteiger partial charge < -0.3 is 24.8 Å². The van der Waals surface area contributed by atoms with Gasteiger partial charge >= 0.3 is 0 Å². The van der Waals surface area contributed by atoms with Crippen LogP contribution in [0.25, 0.3) is 0 Å². The lowest BCUT2D eigenvalue weighted by molar-refractivity contribution is -0.144. The average molecular weight is 397 g/mol. The number of ketones is 1. The second-order valence-electron chi connectivity index (χ2n) is 6.78. The van der Waals surface area contributed by atoms with Gasteiger partial charge in [-0.3, -0.25) is 9.59 Å². The summed E-state index contributed by atoms with van der Waals surface area (Å²) in [4.78, 5) is 27.0. The molecular weight excluding hydrogens is 374 g/mol. The lowest BCUT2D eigenvalue weighted by Gasteiger charge is -2.28. The summed E-state index contributed by atoms with van der Waals surface area (Å²) in [5.74, 6) is -0.844. The van der Waals surface area contributed by atoms with Gasteiger partial charge in [0.15, 0.2) is 5.78 Å². The lowest BCUT2D eigenvalue weighted by atomic mass is 9.88. The number of hydrogen-bond donors (Lipinski definition) is 2. The molecule has 0 saturated heterocycles. The van der Waals surface area contributed by atoms with Crippen LogP contribution in [-0.4, -0.2) is 54.3 Å². The molecular formula is C21H23N3O5. The Balaban J connectivity index is 1.68. The molecule has 1 amide bonds. The monoisotopic (exact) mass is 397 g/mol. The number of allylic oxidation sites excluding steroid dienone is 1. The first-order valence-electron chi connectivity index (χ1n) is 9.32. The van der Waals surface area contributed by atoms with Crippen LogP contribution in [0.2, 0.25) is 0 Å². The summed E-state index contributed by atoms with van der Waals surface area (Å²) in [5.41, 5.74) is 1.65. The van der Waals surface area contributed by atoms with E-state index in [0.29, 0.717) is 24.3 Å². The van der Waals surface area contributed by atoms with Crippen LogP contribution in [-0.2, 0) is 25.6 Å². The van der Waals surface area contributed by atoms with Crippen LogP contribution in [0.1, 0.15) is 18.1 Å². The normalized spacial score (nSPS) is 21.3. The minimum absolute atomic E-state index is 0.0399. The number of carbonyl (C=O) groups excluding carboxylic acids is 2. The molecule has 8 heteroatoms. The fourth-order valence-corrected chi connectivity index (χ4v) is 3.45. The molecule has 3 unspecified atom stereocenters. The van der Waals surface area contributed by atoms with Crippen LogP contribution in [0.15, 0.2) is 42.1 Å². The van der Waals surface area contributed by atoms with Gasteiger partial charge in [-0.25, -0.2) is 0 Å². The molecule has 29 heavy (non-hydrogen) atoms. The number of aromatic hydroxyl groups is 1. The zero-order chi connectivity index (χ0) is 21.0. The number of amides is 1. The number of benzene rings is 1. The molecule has 1 aliphatic heterocycles. The maximum absolute atomic E-state index is 12.8. The third kappa shape index (κ3) is 4.31. The van der Waals surface area contributed by atoms with Crippen LogP contribution in [0.5, 0.6) is 5.75 Å². The van der Waals surface area contributed by atoms with Crippen molar-refractivity contribution in [1.29, 1.82) is 5.26 Å². The summed E-state index contributed by atoms with van der Waals surface area (Å²) in [6, 6.07) is 6.45. The van der Waals surface area contributed by atoms with E-state index in [1.54, 1.807) is 36.2 Å². The molecule has 1 aromatic rings. The van der Waals surface area contributed by atoms with E-state index in [2.05, 4.69) is 5.32 Å². The molecule has 1 heterocycles. The van der Waals surface area contributed by atoms with Crippen molar-refractivity contribution < 1.29 is 24.2 Å². The van der Waals surface area contributed by atoms with Crippen LogP contribution in [0.4, 0.5) is 0 Å². The highest BCUT2D eigenvalue weighted by atomic mass is 16.5. The first kappa shape index (κ1) is 20.6. The van der Waals surface area contributed by atoms with E-state index >= 15 is 0 Å². The summed E-state index contributed by atoms with van der Waals surface area (Å²) in [6.07, 6.45) is 3.84. The second-order valence-corrected chi connectivity index (χ2v) is 6.78. The quantitative estimate of drug-likeness (QED) is 0.711. The zero-order valence-corrected chi connectivity index (χ0v) is 16.3. The molecule has 2 aliphatic rings. The summed E-state index contributed by atoms with van der Waals surface area (Å²) in [7, 11) is 1.49. The van der Waals surface area contributed by atoms with Gasteiger partial charge in [0.25, 0.3) is 5.91 Å². The van der Waals surface area contributed by atoms with Gasteiger partial charge in [0.2, 0.25) is 6.23 Å². The van der Waals surface area contributed by atoms with Crippen molar-refractivity contribution in [3.05, 3.63) is 53.3 Å². The van der Waals surface area contributed by atoms with Gasteiger partial charge in [-0.15, -0.1) is 0 Å². The molecule has 2 N–H and O–H groups in total. The Kier molecular flexibility index (Phi) is 6.32. The SMILES string of the molecule is CCOC(C(=O)NCc1ccc(C#N)cc1O)N1C=C2C=CC(OC)C(=O)C2C1. The van der Waals surface area contributed by atoms with E-state index in [4.69, 9.17) is 14.7 Å². The highest BCUT2D eigenvalue weighted by Gasteiger charge is 2.39. The van der Waals surface area contributed by atoms with Crippen molar-refractivity contribution in [2.45, 2.75) is 25.8 Å². The van der Waals surface area contributed by atoms with Gasteiger partial charge in [0, 0.05) is 38.6 Å². The molecule has 0 aromatic heterocycles. The van der Waals surface area contributed by atoms with E-state index in [1.807, 2.05) is 12.1 Å². The third-order valence-electron chi connectivity index (χ3n) is 4.97. The Bertz CT molecular complexity index is 902. The summed E-state index contributed by atoms with van der Waals surface area (Å²) in [6.45, 7) is 2.51. The molecule has 1 aromatic carbocycles. The maximum Gasteiger partial charge on any atom is 0.270 e. The topological polar surface area (TPSA) is 112 Å². The molecule has 3 rings (SSSR count). The van der Waals surface area contributed by atoms with Crippen molar-refractivity contribution in [2.24, 2.45) is 5.92 Å². The highest BCUT2D eigenvalue weighted by Crippen LogP contribution is 2.31. The summed E-state index contributed by atoms with van der Waals surface area (Å²) in [5, 5.41) is 21.6. The molecule has 0 bridgehead atoms. The van der Waals surface area contributed by atoms with E-state index in [-0.39, 0.29) is 29.9 Å². The zero-order valence-electron chi connectivity index (χ0n) is 16.3. The Hall–Kier alpha value is -3.15. The highest BCUT2D eigenvalue weighted by molar-refractivity contribution is 5.92. The number of phenols is 1. The molecule has 152 valence electrons. The van der Waals surface area contributed by atoms with E-state index in [0.717, 1.165) is 5.57 Å². The predicted molar refractivity (Wildman–Crippen MR) is 103 cm³/mol. The minimum atomic E-state index is -0.902. The Morgan fingerprint density at radius 2 is 2.28 bits per heavy atom. The first-order chi connectivity index (χ1) is 14.0. The molecule has 3 atom stereocenters. The number of hydrogen-bond acceptors (Lipinski definition) is 7. The van der Waals surface area contributed by atoms with E-state index < -0.39 is 12.3 Å². The summed E-state index contributed by atoms with van der Waals surface area (Å²) >= 11 is 0. The largest absolute Gasteiger partial charge is 0.508 e. The first-order valence-corrected chi connectivity index (χ1v) is 9.32. The van der Waals surface area contributed by atoms with Crippen LogP contribution in [0, 0.1) is 17.2 Å². The molecule has 0 radical (unpaired) electrons. The number of phenolic OH excluding ortho intramolecular Hbond substituents is 1.